The van der Waals surface area contributed by atoms with Crippen molar-refractivity contribution in [1.29, 1.82) is 0 Å². The number of alkyl halides is 4. The van der Waals surface area contributed by atoms with Gasteiger partial charge in [0.15, 0.2) is 0 Å². The van der Waals surface area contributed by atoms with Gasteiger partial charge < -0.3 is 0 Å². The molecule has 0 nitrogen and oxygen atoms in total. The first-order valence-corrected chi connectivity index (χ1v) is 9.68. The lowest BCUT2D eigenvalue weighted by Crippen LogP contribution is -2.12. The lowest BCUT2D eigenvalue weighted by molar-refractivity contribution is -0.142. The zero-order valence-corrected chi connectivity index (χ0v) is 15.8. The highest BCUT2D eigenvalue weighted by Crippen LogP contribution is 2.38. The van der Waals surface area contributed by atoms with E-state index in [4.69, 9.17) is 0 Å². The monoisotopic (exact) mass is 412 g/mol. The zero-order chi connectivity index (χ0) is 21.0. The fraction of sp³-hybridized carbons (Fsp3) is 0.391. The summed E-state index contributed by atoms with van der Waals surface area (Å²) in [6.45, 7) is -0.342. The van der Waals surface area contributed by atoms with E-state index in [9.17, 15) is 26.3 Å². The average Bonchev–Trinajstić information content (AvgIpc) is 2.67. The second-order valence-corrected chi connectivity index (χ2v) is 7.45. The van der Waals surface area contributed by atoms with Gasteiger partial charge in [-0.15, -0.1) is 0 Å². The molecule has 2 aromatic rings. The maximum Gasteiger partial charge on any atom is 0.422 e. The van der Waals surface area contributed by atoms with Crippen LogP contribution in [0.1, 0.15) is 49.1 Å². The Balaban J connectivity index is 1.70. The molecular formula is C23H22F6. The fourth-order valence-corrected chi connectivity index (χ4v) is 3.95. The van der Waals surface area contributed by atoms with Crippen LogP contribution < -0.4 is 0 Å². The predicted molar refractivity (Wildman–Crippen MR) is 101 cm³/mol. The highest BCUT2D eigenvalue weighted by molar-refractivity contribution is 5.64. The van der Waals surface area contributed by atoms with E-state index in [1.807, 2.05) is 18.2 Å². The summed E-state index contributed by atoms with van der Waals surface area (Å²) in [7, 11) is 0. The summed E-state index contributed by atoms with van der Waals surface area (Å²) in [6, 6.07) is 8.54. The van der Waals surface area contributed by atoms with Gasteiger partial charge in [-0.2, -0.15) is 13.2 Å². The molecule has 156 valence electrons. The molecular weight excluding hydrogens is 390 g/mol. The molecule has 0 N–H and O–H groups in total. The molecule has 0 atom stereocenters. The quantitative estimate of drug-likeness (QED) is 0.347. The maximum atomic E-state index is 13.8. The van der Waals surface area contributed by atoms with Crippen molar-refractivity contribution in [3.8, 4) is 11.1 Å². The number of allylic oxidation sites excluding steroid dienone is 2. The molecule has 0 radical (unpaired) electrons. The second-order valence-electron chi connectivity index (χ2n) is 7.45. The summed E-state index contributed by atoms with van der Waals surface area (Å²) in [6.07, 6.45) is 3.38. The largest absolute Gasteiger partial charge is 0.422 e. The van der Waals surface area contributed by atoms with E-state index in [1.165, 1.54) is 0 Å². The molecule has 0 saturated heterocycles. The topological polar surface area (TPSA) is 0 Å². The smallest absolute Gasteiger partial charge is 0.251 e. The molecule has 1 aliphatic rings. The second kappa shape index (κ2) is 9.06. The maximum absolute atomic E-state index is 13.8. The first kappa shape index (κ1) is 21.5. The van der Waals surface area contributed by atoms with Crippen molar-refractivity contribution in [2.75, 3.05) is 6.67 Å². The van der Waals surface area contributed by atoms with Gasteiger partial charge in [-0.25, -0.2) is 8.78 Å². The van der Waals surface area contributed by atoms with Crippen molar-refractivity contribution >= 4 is 0 Å². The Morgan fingerprint density at radius 3 is 1.97 bits per heavy atom. The van der Waals surface area contributed by atoms with Crippen LogP contribution in [0.15, 0.2) is 48.6 Å². The third kappa shape index (κ3) is 5.22. The van der Waals surface area contributed by atoms with E-state index < -0.39 is 23.4 Å². The van der Waals surface area contributed by atoms with Crippen molar-refractivity contribution in [3.05, 3.63) is 71.3 Å². The Morgan fingerprint density at radius 2 is 1.45 bits per heavy atom. The van der Waals surface area contributed by atoms with Gasteiger partial charge in [0.1, 0.15) is 17.2 Å². The summed E-state index contributed by atoms with van der Waals surface area (Å²) in [5, 5.41) is 0. The van der Waals surface area contributed by atoms with Gasteiger partial charge in [0.05, 0.1) is 6.67 Å². The number of benzene rings is 2. The van der Waals surface area contributed by atoms with E-state index in [1.54, 1.807) is 12.1 Å². The highest BCUT2D eigenvalue weighted by atomic mass is 19.4. The van der Waals surface area contributed by atoms with Crippen LogP contribution in [-0.2, 0) is 6.18 Å². The molecule has 0 amide bonds. The standard InChI is InChI=1S/C23H22F6/c24-12-2-1-3-15-4-6-16(7-5-15)17-8-10-18(11-9-17)19-13-20(25)22(21(26)14-19)23(27,28)29/h1,3,8-11,13-16H,2,4-7,12H2/b3-1+/t15-,16-. The molecule has 0 heterocycles. The van der Waals surface area contributed by atoms with E-state index in [0.717, 1.165) is 43.4 Å². The molecule has 1 saturated carbocycles. The number of halogens is 6. The molecule has 0 aromatic heterocycles. The molecule has 0 unspecified atom stereocenters. The SMILES string of the molecule is FCC/C=C/[C@H]1CC[C@H](c2ccc(-c3cc(F)c(C(F)(F)F)c(F)c3)cc2)CC1. The molecule has 2 aromatic carbocycles. The van der Waals surface area contributed by atoms with Crippen LogP contribution in [0.3, 0.4) is 0 Å². The van der Waals surface area contributed by atoms with Crippen molar-refractivity contribution in [1.82, 2.24) is 0 Å². The van der Waals surface area contributed by atoms with E-state index in [2.05, 4.69) is 6.08 Å². The Hall–Kier alpha value is -2.24. The summed E-state index contributed by atoms with van der Waals surface area (Å²) < 4.78 is 78.0. The molecule has 29 heavy (non-hydrogen) atoms. The summed E-state index contributed by atoms with van der Waals surface area (Å²) in [4.78, 5) is 0. The third-order valence-electron chi connectivity index (χ3n) is 5.50. The van der Waals surface area contributed by atoms with Gasteiger partial charge >= 0.3 is 6.18 Å². The minimum absolute atomic E-state index is 0.0706. The average molecular weight is 412 g/mol. The van der Waals surface area contributed by atoms with Gasteiger partial charge in [-0.05, 0) is 72.8 Å². The summed E-state index contributed by atoms with van der Waals surface area (Å²) in [5.74, 6) is -2.39. The Labute approximate surface area is 166 Å². The number of hydrogen-bond acceptors (Lipinski definition) is 0. The van der Waals surface area contributed by atoms with Crippen LogP contribution in [-0.4, -0.2) is 6.67 Å². The van der Waals surface area contributed by atoms with Crippen molar-refractivity contribution < 1.29 is 26.3 Å². The van der Waals surface area contributed by atoms with Gasteiger partial charge in [0.2, 0.25) is 0 Å². The number of hydrogen-bond donors (Lipinski definition) is 0. The Bertz CT molecular complexity index is 820. The van der Waals surface area contributed by atoms with Crippen molar-refractivity contribution in [3.63, 3.8) is 0 Å². The number of rotatable bonds is 5. The molecule has 1 aliphatic carbocycles. The molecule has 3 rings (SSSR count). The lowest BCUT2D eigenvalue weighted by atomic mass is 9.78. The van der Waals surface area contributed by atoms with Crippen LogP contribution in [0.25, 0.3) is 11.1 Å². The predicted octanol–water partition coefficient (Wildman–Crippen LogP) is 7.84. The summed E-state index contributed by atoms with van der Waals surface area (Å²) >= 11 is 0. The van der Waals surface area contributed by atoms with Crippen LogP contribution in [0, 0.1) is 17.6 Å². The van der Waals surface area contributed by atoms with Crippen LogP contribution in [0.5, 0.6) is 0 Å². The molecule has 6 heteroatoms. The third-order valence-corrected chi connectivity index (χ3v) is 5.50. The molecule has 0 spiro atoms. The van der Waals surface area contributed by atoms with E-state index in [0.29, 0.717) is 23.8 Å². The highest BCUT2D eigenvalue weighted by Gasteiger charge is 2.38. The van der Waals surface area contributed by atoms with Crippen LogP contribution in [0.4, 0.5) is 26.3 Å². The van der Waals surface area contributed by atoms with Gasteiger partial charge in [-0.3, -0.25) is 4.39 Å². The molecule has 0 aliphatic heterocycles. The molecule has 0 bridgehead atoms. The van der Waals surface area contributed by atoms with Gasteiger partial charge in [-0.1, -0.05) is 36.4 Å². The van der Waals surface area contributed by atoms with Crippen LogP contribution in [0.2, 0.25) is 0 Å². The first-order chi connectivity index (χ1) is 13.8. The van der Waals surface area contributed by atoms with Crippen molar-refractivity contribution in [2.24, 2.45) is 5.92 Å². The first-order valence-electron chi connectivity index (χ1n) is 9.68. The lowest BCUT2D eigenvalue weighted by Gasteiger charge is -2.27. The Morgan fingerprint density at radius 1 is 0.862 bits per heavy atom. The minimum Gasteiger partial charge on any atom is -0.251 e. The van der Waals surface area contributed by atoms with Crippen molar-refractivity contribution in [2.45, 2.75) is 44.2 Å². The Kier molecular flexibility index (Phi) is 6.70. The van der Waals surface area contributed by atoms with Gasteiger partial charge in [0, 0.05) is 0 Å². The minimum atomic E-state index is -5.07. The molecule has 1 fully saturated rings. The normalized spacial score (nSPS) is 20.3. The summed E-state index contributed by atoms with van der Waals surface area (Å²) in [5.41, 5.74) is -0.229. The fourth-order valence-electron chi connectivity index (χ4n) is 3.95. The van der Waals surface area contributed by atoms with Crippen LogP contribution >= 0.6 is 0 Å². The van der Waals surface area contributed by atoms with E-state index in [-0.39, 0.29) is 12.2 Å². The van der Waals surface area contributed by atoms with E-state index >= 15 is 0 Å². The zero-order valence-electron chi connectivity index (χ0n) is 15.8. The van der Waals surface area contributed by atoms with Gasteiger partial charge in [0.25, 0.3) is 0 Å².